The molecule has 0 saturated carbocycles. The first kappa shape index (κ1) is 21.2. The predicted octanol–water partition coefficient (Wildman–Crippen LogP) is 5.09. The second-order valence-electron chi connectivity index (χ2n) is 8.55. The molecule has 6 heteroatoms. The minimum atomic E-state index is -0.250. The van der Waals surface area contributed by atoms with Gasteiger partial charge in [-0.1, -0.05) is 19.1 Å². The number of amides is 1. The normalized spacial score (nSPS) is 17.5. The minimum Gasteiger partial charge on any atom is -0.334 e. The van der Waals surface area contributed by atoms with Crippen LogP contribution in [0.4, 0.5) is 4.39 Å². The van der Waals surface area contributed by atoms with Gasteiger partial charge in [0.15, 0.2) is 0 Å². The van der Waals surface area contributed by atoms with Crippen molar-refractivity contribution in [2.24, 2.45) is 5.92 Å². The average Bonchev–Trinajstić information content (AvgIpc) is 3.17. The molecule has 1 aliphatic rings. The summed E-state index contributed by atoms with van der Waals surface area (Å²) in [6.07, 6.45) is 4.90. The van der Waals surface area contributed by atoms with Gasteiger partial charge in [-0.05, 0) is 74.6 Å². The molecule has 162 valence electrons. The van der Waals surface area contributed by atoms with Crippen LogP contribution in [0.5, 0.6) is 0 Å². The van der Waals surface area contributed by atoms with E-state index < -0.39 is 0 Å². The summed E-state index contributed by atoms with van der Waals surface area (Å²) >= 11 is 0. The van der Waals surface area contributed by atoms with Crippen LogP contribution in [0, 0.1) is 25.6 Å². The Labute approximate surface area is 182 Å². The summed E-state index contributed by atoms with van der Waals surface area (Å²) in [5.41, 5.74) is 4.71. The van der Waals surface area contributed by atoms with Crippen molar-refractivity contribution in [1.29, 1.82) is 0 Å². The fourth-order valence-electron chi connectivity index (χ4n) is 4.38. The third-order valence-corrected chi connectivity index (χ3v) is 5.93. The molecule has 1 aromatic carbocycles. The molecule has 1 amide bonds. The molecule has 3 aromatic rings. The van der Waals surface area contributed by atoms with Gasteiger partial charge >= 0.3 is 0 Å². The monoisotopic (exact) mass is 420 g/mol. The summed E-state index contributed by atoms with van der Waals surface area (Å²) in [7, 11) is 0. The molecule has 4 rings (SSSR count). The van der Waals surface area contributed by atoms with Gasteiger partial charge in [-0.25, -0.2) is 4.39 Å². The van der Waals surface area contributed by atoms with Crippen molar-refractivity contribution in [2.75, 3.05) is 6.54 Å². The van der Waals surface area contributed by atoms with Gasteiger partial charge in [0, 0.05) is 18.4 Å². The summed E-state index contributed by atoms with van der Waals surface area (Å²) < 4.78 is 15.2. The number of aromatic nitrogens is 3. The Morgan fingerprint density at radius 1 is 1.10 bits per heavy atom. The zero-order valence-electron chi connectivity index (χ0n) is 18.4. The summed E-state index contributed by atoms with van der Waals surface area (Å²) in [6, 6.07) is 12.5. The Kier molecular flexibility index (Phi) is 6.16. The quantitative estimate of drug-likeness (QED) is 0.578. The average molecular weight is 421 g/mol. The molecular weight excluding hydrogens is 391 g/mol. The van der Waals surface area contributed by atoms with Crippen molar-refractivity contribution in [3.63, 3.8) is 0 Å². The van der Waals surface area contributed by atoms with Crippen molar-refractivity contribution >= 4 is 5.91 Å². The van der Waals surface area contributed by atoms with Crippen molar-refractivity contribution in [2.45, 2.75) is 52.6 Å². The molecule has 1 saturated heterocycles. The molecule has 0 unspecified atom stereocenters. The number of carbonyl (C=O) groups excluding carboxylic acids is 1. The number of likely N-dealkylation sites (tertiary alicyclic amines) is 1. The van der Waals surface area contributed by atoms with Gasteiger partial charge in [-0.15, -0.1) is 0 Å². The second-order valence-corrected chi connectivity index (χ2v) is 8.55. The molecule has 5 nitrogen and oxygen atoms in total. The first-order chi connectivity index (χ1) is 14.9. The molecule has 2 atom stereocenters. The molecule has 1 aliphatic heterocycles. The van der Waals surface area contributed by atoms with E-state index in [-0.39, 0.29) is 23.7 Å². The van der Waals surface area contributed by atoms with Crippen LogP contribution in [0.15, 0.2) is 48.7 Å². The maximum absolute atomic E-state index is 13.4. The molecule has 0 bridgehead atoms. The highest BCUT2D eigenvalue weighted by Gasteiger charge is 2.32. The number of piperidine rings is 1. The van der Waals surface area contributed by atoms with Gasteiger partial charge in [0.1, 0.15) is 5.82 Å². The van der Waals surface area contributed by atoms with E-state index in [9.17, 15) is 9.18 Å². The van der Waals surface area contributed by atoms with Crippen LogP contribution in [0.2, 0.25) is 0 Å². The molecule has 0 aliphatic carbocycles. The van der Waals surface area contributed by atoms with Crippen molar-refractivity contribution in [3.05, 3.63) is 71.6 Å². The summed E-state index contributed by atoms with van der Waals surface area (Å²) in [4.78, 5) is 20.2. The Morgan fingerprint density at radius 3 is 2.58 bits per heavy atom. The number of halogens is 1. The molecule has 2 aromatic heterocycles. The first-order valence-electron chi connectivity index (χ1n) is 11.0. The maximum Gasteiger partial charge on any atom is 0.227 e. The van der Waals surface area contributed by atoms with Gasteiger partial charge < -0.3 is 4.90 Å². The molecule has 31 heavy (non-hydrogen) atoms. The number of pyridine rings is 1. The zero-order chi connectivity index (χ0) is 22.0. The van der Waals surface area contributed by atoms with Crippen LogP contribution < -0.4 is 0 Å². The van der Waals surface area contributed by atoms with Crippen molar-refractivity contribution in [3.8, 4) is 11.1 Å². The topological polar surface area (TPSA) is 51.0 Å². The third-order valence-electron chi connectivity index (χ3n) is 5.93. The number of hydrogen-bond donors (Lipinski definition) is 0. The second kappa shape index (κ2) is 9.00. The third kappa shape index (κ3) is 4.84. The van der Waals surface area contributed by atoms with Crippen LogP contribution in [0.25, 0.3) is 11.1 Å². The number of carbonyl (C=O) groups is 1. The van der Waals surface area contributed by atoms with Gasteiger partial charge in [-0.2, -0.15) is 5.10 Å². The van der Waals surface area contributed by atoms with Crippen LogP contribution in [0.3, 0.4) is 0 Å². The van der Waals surface area contributed by atoms with Gasteiger partial charge in [0.2, 0.25) is 5.91 Å². The summed E-state index contributed by atoms with van der Waals surface area (Å²) in [6.45, 7) is 7.20. The highest BCUT2D eigenvalue weighted by Crippen LogP contribution is 2.33. The molecule has 0 spiro atoms. The lowest BCUT2D eigenvalue weighted by atomic mass is 9.94. The molecule has 1 fully saturated rings. The van der Waals surface area contributed by atoms with Gasteiger partial charge in [0.25, 0.3) is 0 Å². The molecule has 0 N–H and O–H groups in total. The predicted molar refractivity (Wildman–Crippen MR) is 119 cm³/mol. The van der Waals surface area contributed by atoms with Crippen LogP contribution in [-0.2, 0) is 11.3 Å². The largest absolute Gasteiger partial charge is 0.334 e. The van der Waals surface area contributed by atoms with Crippen LogP contribution >= 0.6 is 0 Å². The zero-order valence-corrected chi connectivity index (χ0v) is 18.4. The smallest absolute Gasteiger partial charge is 0.227 e. The van der Waals surface area contributed by atoms with E-state index in [0.29, 0.717) is 6.54 Å². The number of benzene rings is 1. The summed E-state index contributed by atoms with van der Waals surface area (Å²) in [5, 5.41) is 4.43. The standard InChI is InChI=1S/C25H29FN4O/c1-17(16-29-13-11-18(2)28-29)25(31)30-12-5-4-6-24(30)23-15-21(14-19(3)27-23)20-7-9-22(26)10-8-20/h7-11,13-15,17,24H,4-6,12,16H2,1-3H3/t17-,24-/m0/s1. The SMILES string of the molecule is Cc1cc(-c2ccc(F)cc2)cc([C@@H]2CCCCN2C(=O)[C@@H](C)Cn2ccc(C)n2)n1. The van der Waals surface area contributed by atoms with Gasteiger partial charge in [0.05, 0.1) is 29.9 Å². The van der Waals surface area contributed by atoms with Crippen LogP contribution in [0.1, 0.15) is 49.3 Å². The van der Waals surface area contributed by atoms with E-state index in [1.54, 1.807) is 12.1 Å². The Bertz CT molecular complexity index is 1060. The molecular formula is C25H29FN4O. The number of rotatable bonds is 5. The minimum absolute atomic E-state index is 0.0397. The fraction of sp³-hybridized carbons (Fsp3) is 0.400. The lowest BCUT2D eigenvalue weighted by Crippen LogP contribution is -2.42. The van der Waals surface area contributed by atoms with Crippen molar-refractivity contribution in [1.82, 2.24) is 19.7 Å². The van der Waals surface area contributed by atoms with E-state index in [1.165, 1.54) is 12.1 Å². The van der Waals surface area contributed by atoms with E-state index >= 15 is 0 Å². The Balaban J connectivity index is 1.59. The molecule has 3 heterocycles. The van der Waals surface area contributed by atoms with E-state index in [1.807, 2.05) is 48.7 Å². The maximum atomic E-state index is 13.4. The van der Waals surface area contributed by atoms with E-state index in [0.717, 1.165) is 54.0 Å². The fourth-order valence-corrected chi connectivity index (χ4v) is 4.38. The highest BCUT2D eigenvalue weighted by atomic mass is 19.1. The lowest BCUT2D eigenvalue weighted by Gasteiger charge is -2.37. The number of hydrogen-bond acceptors (Lipinski definition) is 3. The van der Waals surface area contributed by atoms with E-state index in [2.05, 4.69) is 11.2 Å². The number of nitrogens with zero attached hydrogens (tertiary/aromatic N) is 4. The first-order valence-corrected chi connectivity index (χ1v) is 11.0. The van der Waals surface area contributed by atoms with E-state index in [4.69, 9.17) is 4.98 Å². The molecule has 0 radical (unpaired) electrons. The van der Waals surface area contributed by atoms with Crippen molar-refractivity contribution < 1.29 is 9.18 Å². The lowest BCUT2D eigenvalue weighted by molar-refractivity contribution is -0.139. The Morgan fingerprint density at radius 2 is 1.87 bits per heavy atom. The highest BCUT2D eigenvalue weighted by molar-refractivity contribution is 5.79. The van der Waals surface area contributed by atoms with Gasteiger partial charge in [-0.3, -0.25) is 14.5 Å². The number of aryl methyl sites for hydroxylation is 2. The Hall–Kier alpha value is -3.02. The summed E-state index contributed by atoms with van der Waals surface area (Å²) in [5.74, 6) is -0.272. The van der Waals surface area contributed by atoms with Crippen LogP contribution in [-0.4, -0.2) is 32.1 Å².